The molecule has 2 aromatic rings. The number of hydrogen-bond acceptors (Lipinski definition) is 5. The number of rotatable bonds is 7. The molecular formula is C20H19NO6. The Labute approximate surface area is 155 Å². The fraction of sp³-hybridized carbons (Fsp3) is 0.250. The monoisotopic (exact) mass is 369 g/mol. The lowest BCUT2D eigenvalue weighted by atomic mass is 10.1. The zero-order valence-corrected chi connectivity index (χ0v) is 14.5. The van der Waals surface area contributed by atoms with Gasteiger partial charge in [0.2, 0.25) is 0 Å². The average molecular weight is 369 g/mol. The summed E-state index contributed by atoms with van der Waals surface area (Å²) in [5.74, 6) is -1.50. The van der Waals surface area contributed by atoms with Crippen molar-refractivity contribution in [1.29, 1.82) is 0 Å². The lowest BCUT2D eigenvalue weighted by molar-refractivity contribution is -0.145. The molecule has 0 fully saturated rings. The molecular weight excluding hydrogens is 350 g/mol. The second kappa shape index (κ2) is 8.35. The van der Waals surface area contributed by atoms with E-state index in [4.69, 9.17) is 14.6 Å². The van der Waals surface area contributed by atoms with Crippen LogP contribution in [0.3, 0.4) is 0 Å². The number of carbonyl (C=O) groups is 3. The van der Waals surface area contributed by atoms with E-state index >= 15 is 0 Å². The van der Waals surface area contributed by atoms with Crippen LogP contribution in [0.4, 0.5) is 5.69 Å². The first-order valence-electron chi connectivity index (χ1n) is 8.53. The Morgan fingerprint density at radius 1 is 1.11 bits per heavy atom. The summed E-state index contributed by atoms with van der Waals surface area (Å²) in [7, 11) is 0. The largest absolute Gasteiger partial charge is 0.481 e. The Kier molecular flexibility index (Phi) is 5.71. The van der Waals surface area contributed by atoms with Crippen LogP contribution in [0.15, 0.2) is 48.5 Å². The number of carbonyl (C=O) groups excluding carboxylic acids is 2. The van der Waals surface area contributed by atoms with Gasteiger partial charge in [-0.2, -0.15) is 0 Å². The minimum atomic E-state index is -1.11. The van der Waals surface area contributed by atoms with E-state index in [0.717, 1.165) is 11.1 Å². The third kappa shape index (κ3) is 5.07. The molecule has 1 aliphatic rings. The lowest BCUT2D eigenvalue weighted by Crippen LogP contribution is -2.38. The second-order valence-electron chi connectivity index (χ2n) is 6.17. The molecule has 0 saturated carbocycles. The molecule has 1 atom stereocenters. The topological polar surface area (TPSA) is 102 Å². The van der Waals surface area contributed by atoms with Gasteiger partial charge in [0.05, 0.1) is 12.1 Å². The highest BCUT2D eigenvalue weighted by atomic mass is 16.5. The summed E-state index contributed by atoms with van der Waals surface area (Å²) in [6.45, 7) is 0.235. The van der Waals surface area contributed by atoms with Crippen LogP contribution in [-0.4, -0.2) is 29.1 Å². The van der Waals surface area contributed by atoms with E-state index < -0.39 is 24.4 Å². The van der Waals surface area contributed by atoms with Crippen molar-refractivity contribution in [2.24, 2.45) is 0 Å². The molecule has 3 rings (SSSR count). The second-order valence-corrected chi connectivity index (χ2v) is 6.17. The number of anilines is 1. The maximum absolute atomic E-state index is 11.9. The van der Waals surface area contributed by atoms with Gasteiger partial charge in [-0.05, 0) is 29.7 Å². The first-order chi connectivity index (χ1) is 13.0. The summed E-state index contributed by atoms with van der Waals surface area (Å²) < 4.78 is 10.7. The quantitative estimate of drug-likeness (QED) is 0.727. The number of benzene rings is 2. The van der Waals surface area contributed by atoms with Gasteiger partial charge >= 0.3 is 11.9 Å². The summed E-state index contributed by atoms with van der Waals surface area (Å²) in [5.41, 5.74) is 2.23. The van der Waals surface area contributed by atoms with Crippen LogP contribution < -0.4 is 10.1 Å². The zero-order chi connectivity index (χ0) is 19.2. The molecule has 140 valence electrons. The van der Waals surface area contributed by atoms with Gasteiger partial charge in [0.25, 0.3) is 5.91 Å². The zero-order valence-electron chi connectivity index (χ0n) is 14.5. The summed E-state index contributed by atoms with van der Waals surface area (Å²) in [4.78, 5) is 34.6. The number of carboxylic acid groups (broad SMARTS) is 1. The van der Waals surface area contributed by atoms with Gasteiger partial charge in [0.1, 0.15) is 12.4 Å². The van der Waals surface area contributed by atoms with E-state index in [0.29, 0.717) is 17.9 Å². The van der Waals surface area contributed by atoms with Gasteiger partial charge in [-0.3, -0.25) is 14.4 Å². The van der Waals surface area contributed by atoms with E-state index in [1.807, 2.05) is 30.3 Å². The van der Waals surface area contributed by atoms with Crippen LogP contribution in [0.2, 0.25) is 0 Å². The molecule has 0 aromatic heterocycles. The van der Waals surface area contributed by atoms with Crippen LogP contribution in [0, 0.1) is 0 Å². The lowest BCUT2D eigenvalue weighted by Gasteiger charge is -2.25. The van der Waals surface area contributed by atoms with Gasteiger partial charge in [0.15, 0.2) is 6.10 Å². The van der Waals surface area contributed by atoms with Crippen molar-refractivity contribution in [3.63, 3.8) is 0 Å². The van der Waals surface area contributed by atoms with Crippen LogP contribution in [-0.2, 0) is 32.1 Å². The van der Waals surface area contributed by atoms with Gasteiger partial charge in [-0.15, -0.1) is 0 Å². The summed E-state index contributed by atoms with van der Waals surface area (Å²) in [5, 5.41) is 11.5. The highest BCUT2D eigenvalue weighted by Crippen LogP contribution is 2.31. The number of esters is 1. The SMILES string of the molecule is O=C(O)CC1Oc2ccc(CCC(=O)OCc3ccccc3)cc2NC1=O. The number of carboxylic acids is 1. The molecule has 0 aliphatic carbocycles. The number of aryl methyl sites for hydroxylation is 1. The Morgan fingerprint density at radius 2 is 1.89 bits per heavy atom. The predicted molar refractivity (Wildman–Crippen MR) is 96.3 cm³/mol. The molecule has 0 saturated heterocycles. The van der Waals surface area contributed by atoms with E-state index in [1.165, 1.54) is 0 Å². The van der Waals surface area contributed by atoms with E-state index in [2.05, 4.69) is 5.32 Å². The van der Waals surface area contributed by atoms with Gasteiger partial charge < -0.3 is 19.9 Å². The highest BCUT2D eigenvalue weighted by Gasteiger charge is 2.29. The van der Waals surface area contributed by atoms with Gasteiger partial charge in [0, 0.05) is 6.42 Å². The average Bonchev–Trinajstić information content (AvgIpc) is 2.65. The molecule has 27 heavy (non-hydrogen) atoms. The molecule has 1 amide bonds. The molecule has 0 spiro atoms. The minimum absolute atomic E-state index is 0.210. The van der Waals surface area contributed by atoms with Crippen molar-refractivity contribution in [1.82, 2.24) is 0 Å². The first kappa shape index (κ1) is 18.4. The Balaban J connectivity index is 1.53. The Hall–Kier alpha value is -3.35. The van der Waals surface area contributed by atoms with Gasteiger partial charge in [-0.1, -0.05) is 36.4 Å². The molecule has 1 aliphatic heterocycles. The van der Waals surface area contributed by atoms with E-state index in [9.17, 15) is 14.4 Å². The number of hydrogen-bond donors (Lipinski definition) is 2. The van der Waals surface area contributed by atoms with Crippen molar-refractivity contribution >= 4 is 23.5 Å². The van der Waals surface area contributed by atoms with Crippen LogP contribution in [0.5, 0.6) is 5.75 Å². The smallest absolute Gasteiger partial charge is 0.307 e. The first-order valence-corrected chi connectivity index (χ1v) is 8.53. The summed E-state index contributed by atoms with van der Waals surface area (Å²) >= 11 is 0. The molecule has 7 heteroatoms. The normalized spacial score (nSPS) is 15.3. The Morgan fingerprint density at radius 3 is 2.63 bits per heavy atom. The number of nitrogens with one attached hydrogen (secondary N) is 1. The highest BCUT2D eigenvalue weighted by molar-refractivity contribution is 5.99. The molecule has 2 aromatic carbocycles. The van der Waals surface area contributed by atoms with Crippen molar-refractivity contribution in [3.8, 4) is 5.75 Å². The molecule has 1 heterocycles. The van der Waals surface area contributed by atoms with Crippen molar-refractivity contribution < 1.29 is 29.0 Å². The van der Waals surface area contributed by atoms with Crippen molar-refractivity contribution in [2.75, 3.05) is 5.32 Å². The standard InChI is InChI=1S/C20H19NO6/c22-18(23)11-17-20(25)21-15-10-13(6-8-16(15)27-17)7-9-19(24)26-12-14-4-2-1-3-5-14/h1-6,8,10,17H,7,9,11-12H2,(H,21,25)(H,22,23). The van der Waals surface area contributed by atoms with Crippen LogP contribution in [0.1, 0.15) is 24.0 Å². The summed E-state index contributed by atoms with van der Waals surface area (Å²) in [6.07, 6.45) is -0.786. The molecule has 0 bridgehead atoms. The van der Waals surface area contributed by atoms with Crippen molar-refractivity contribution in [3.05, 3.63) is 59.7 Å². The van der Waals surface area contributed by atoms with Crippen LogP contribution in [0.25, 0.3) is 0 Å². The number of aliphatic carboxylic acids is 1. The number of amides is 1. The number of ether oxygens (including phenoxy) is 2. The third-order valence-corrected chi connectivity index (χ3v) is 4.08. The molecule has 7 nitrogen and oxygen atoms in total. The number of fused-ring (bicyclic) bond motifs is 1. The molecule has 2 N–H and O–H groups in total. The van der Waals surface area contributed by atoms with E-state index in [-0.39, 0.29) is 19.0 Å². The minimum Gasteiger partial charge on any atom is -0.481 e. The third-order valence-electron chi connectivity index (χ3n) is 4.08. The molecule has 1 unspecified atom stereocenters. The maximum atomic E-state index is 11.9. The van der Waals surface area contributed by atoms with Crippen LogP contribution >= 0.6 is 0 Å². The predicted octanol–water partition coefficient (Wildman–Crippen LogP) is 2.54. The summed E-state index contributed by atoms with van der Waals surface area (Å²) in [6, 6.07) is 14.6. The van der Waals surface area contributed by atoms with Gasteiger partial charge in [-0.25, -0.2) is 0 Å². The molecule has 0 radical (unpaired) electrons. The maximum Gasteiger partial charge on any atom is 0.307 e. The fourth-order valence-electron chi connectivity index (χ4n) is 2.70. The van der Waals surface area contributed by atoms with E-state index in [1.54, 1.807) is 18.2 Å². The van der Waals surface area contributed by atoms with Crippen molar-refractivity contribution in [2.45, 2.75) is 32.0 Å². The fourth-order valence-corrected chi connectivity index (χ4v) is 2.70. The Bertz CT molecular complexity index is 849.